The highest BCUT2D eigenvalue weighted by molar-refractivity contribution is 7.10. The molecule has 0 amide bonds. The van der Waals surface area contributed by atoms with Gasteiger partial charge in [-0.2, -0.15) is 0 Å². The standard InChI is InChI=1S/C14H17ClN2S/c1-3-6-16-14(11-7-10(2)18-9-11)13-5-4-12(15)8-17-13/h4-5,7-9,14,16H,3,6H2,1-2H3. The molecule has 2 nitrogen and oxygen atoms in total. The number of nitrogens with zero attached hydrogens (tertiary/aromatic N) is 1. The number of halogens is 1. The fourth-order valence-electron chi connectivity index (χ4n) is 1.85. The van der Waals surface area contributed by atoms with Gasteiger partial charge >= 0.3 is 0 Å². The highest BCUT2D eigenvalue weighted by Crippen LogP contribution is 2.25. The van der Waals surface area contributed by atoms with Gasteiger partial charge in [-0.1, -0.05) is 18.5 Å². The number of aryl methyl sites for hydroxylation is 1. The lowest BCUT2D eigenvalue weighted by molar-refractivity contribution is 0.588. The van der Waals surface area contributed by atoms with E-state index in [-0.39, 0.29) is 6.04 Å². The first-order chi connectivity index (χ1) is 8.70. The van der Waals surface area contributed by atoms with Gasteiger partial charge in [-0.25, -0.2) is 0 Å². The second-order valence-electron chi connectivity index (χ2n) is 4.28. The molecule has 2 heterocycles. The molecule has 0 saturated heterocycles. The number of hydrogen-bond donors (Lipinski definition) is 1. The van der Waals surface area contributed by atoms with Crippen LogP contribution in [0.4, 0.5) is 0 Å². The van der Waals surface area contributed by atoms with Gasteiger partial charge < -0.3 is 5.32 Å². The number of rotatable bonds is 5. The topological polar surface area (TPSA) is 24.9 Å². The lowest BCUT2D eigenvalue weighted by Crippen LogP contribution is -2.23. The summed E-state index contributed by atoms with van der Waals surface area (Å²) in [5, 5.41) is 6.40. The largest absolute Gasteiger partial charge is 0.305 e. The van der Waals surface area contributed by atoms with Crippen LogP contribution in [0.5, 0.6) is 0 Å². The number of thiophene rings is 1. The fourth-order valence-corrected chi connectivity index (χ4v) is 2.70. The third-order valence-corrected chi connectivity index (χ3v) is 3.83. The van der Waals surface area contributed by atoms with E-state index in [0.29, 0.717) is 5.02 Å². The Morgan fingerprint density at radius 1 is 1.44 bits per heavy atom. The molecule has 1 N–H and O–H groups in total. The zero-order valence-electron chi connectivity index (χ0n) is 10.6. The first-order valence-corrected chi connectivity index (χ1v) is 7.36. The molecule has 0 aliphatic carbocycles. The minimum atomic E-state index is 0.159. The maximum absolute atomic E-state index is 5.89. The molecule has 0 fully saturated rings. The van der Waals surface area contributed by atoms with E-state index < -0.39 is 0 Å². The molecule has 4 heteroatoms. The Hall–Kier alpha value is -0.900. The Morgan fingerprint density at radius 3 is 2.83 bits per heavy atom. The Balaban J connectivity index is 2.27. The van der Waals surface area contributed by atoms with Gasteiger partial charge in [-0.05, 0) is 49.0 Å². The lowest BCUT2D eigenvalue weighted by Gasteiger charge is -2.17. The maximum atomic E-state index is 5.89. The second-order valence-corrected chi connectivity index (χ2v) is 5.83. The van der Waals surface area contributed by atoms with Gasteiger partial charge in [-0.3, -0.25) is 4.98 Å². The van der Waals surface area contributed by atoms with Crippen LogP contribution in [0.25, 0.3) is 0 Å². The van der Waals surface area contributed by atoms with Crippen LogP contribution in [0.15, 0.2) is 29.8 Å². The van der Waals surface area contributed by atoms with E-state index in [9.17, 15) is 0 Å². The molecule has 0 aliphatic heterocycles. The van der Waals surface area contributed by atoms with Crippen molar-refractivity contribution in [1.29, 1.82) is 0 Å². The SMILES string of the molecule is CCCNC(c1csc(C)c1)c1ccc(Cl)cn1. The van der Waals surface area contributed by atoms with Crippen LogP contribution in [-0.2, 0) is 0 Å². The Kier molecular flexibility index (Phi) is 4.75. The van der Waals surface area contributed by atoms with Crippen molar-refractivity contribution in [3.05, 3.63) is 50.9 Å². The van der Waals surface area contributed by atoms with Crippen molar-refractivity contribution in [1.82, 2.24) is 10.3 Å². The average Bonchev–Trinajstić information content (AvgIpc) is 2.78. The number of aromatic nitrogens is 1. The minimum Gasteiger partial charge on any atom is -0.305 e. The van der Waals surface area contributed by atoms with E-state index in [4.69, 9.17) is 11.6 Å². The molecular weight excluding hydrogens is 264 g/mol. The summed E-state index contributed by atoms with van der Waals surface area (Å²) in [6, 6.07) is 6.26. The molecule has 0 radical (unpaired) electrons. The first-order valence-electron chi connectivity index (χ1n) is 6.10. The smallest absolute Gasteiger partial charge is 0.0759 e. The highest BCUT2D eigenvalue weighted by atomic mass is 35.5. The van der Waals surface area contributed by atoms with Gasteiger partial charge in [-0.15, -0.1) is 11.3 Å². The lowest BCUT2D eigenvalue weighted by atomic mass is 10.1. The first kappa shape index (κ1) is 13.5. The molecule has 0 spiro atoms. The van der Waals surface area contributed by atoms with Gasteiger partial charge in [0.15, 0.2) is 0 Å². The van der Waals surface area contributed by atoms with Crippen molar-refractivity contribution in [2.75, 3.05) is 6.54 Å². The van der Waals surface area contributed by atoms with Crippen molar-refractivity contribution in [3.8, 4) is 0 Å². The van der Waals surface area contributed by atoms with E-state index in [1.807, 2.05) is 12.1 Å². The summed E-state index contributed by atoms with van der Waals surface area (Å²) in [6.07, 6.45) is 2.81. The molecule has 1 unspecified atom stereocenters. The van der Waals surface area contributed by atoms with Crippen LogP contribution in [0.3, 0.4) is 0 Å². The van der Waals surface area contributed by atoms with E-state index >= 15 is 0 Å². The van der Waals surface area contributed by atoms with E-state index in [1.54, 1.807) is 17.5 Å². The van der Waals surface area contributed by atoms with Crippen molar-refractivity contribution in [3.63, 3.8) is 0 Å². The van der Waals surface area contributed by atoms with E-state index in [1.165, 1.54) is 10.4 Å². The summed E-state index contributed by atoms with van der Waals surface area (Å²) in [6.45, 7) is 5.27. The molecule has 2 rings (SSSR count). The van der Waals surface area contributed by atoms with Crippen molar-refractivity contribution >= 4 is 22.9 Å². The van der Waals surface area contributed by atoms with Crippen molar-refractivity contribution in [2.24, 2.45) is 0 Å². The van der Waals surface area contributed by atoms with Crippen molar-refractivity contribution < 1.29 is 0 Å². The molecule has 2 aromatic rings. The van der Waals surface area contributed by atoms with Gasteiger partial charge in [0.25, 0.3) is 0 Å². The predicted octanol–water partition coefficient (Wildman–Crippen LogP) is 4.19. The molecule has 18 heavy (non-hydrogen) atoms. The zero-order chi connectivity index (χ0) is 13.0. The summed E-state index contributed by atoms with van der Waals surface area (Å²) in [4.78, 5) is 5.75. The Morgan fingerprint density at radius 2 is 2.28 bits per heavy atom. The third-order valence-electron chi connectivity index (χ3n) is 2.73. The molecule has 1 atom stereocenters. The number of nitrogens with one attached hydrogen (secondary N) is 1. The Bertz CT molecular complexity index is 493. The number of pyridine rings is 1. The number of hydrogen-bond acceptors (Lipinski definition) is 3. The quantitative estimate of drug-likeness (QED) is 0.888. The molecule has 2 aromatic heterocycles. The van der Waals surface area contributed by atoms with Gasteiger partial charge in [0, 0.05) is 11.1 Å². The monoisotopic (exact) mass is 280 g/mol. The van der Waals surface area contributed by atoms with Gasteiger partial charge in [0.05, 0.1) is 16.8 Å². The molecule has 0 aromatic carbocycles. The van der Waals surface area contributed by atoms with Gasteiger partial charge in [0.1, 0.15) is 0 Å². The van der Waals surface area contributed by atoms with E-state index in [2.05, 4.69) is 35.6 Å². The van der Waals surface area contributed by atoms with E-state index in [0.717, 1.165) is 18.7 Å². The summed E-state index contributed by atoms with van der Waals surface area (Å²) in [5.41, 5.74) is 2.30. The summed E-state index contributed by atoms with van der Waals surface area (Å²) in [5.74, 6) is 0. The van der Waals surface area contributed by atoms with Crippen LogP contribution < -0.4 is 5.32 Å². The predicted molar refractivity (Wildman–Crippen MR) is 78.4 cm³/mol. The average molecular weight is 281 g/mol. The molecule has 0 bridgehead atoms. The highest BCUT2D eigenvalue weighted by Gasteiger charge is 2.15. The fraction of sp³-hybridized carbons (Fsp3) is 0.357. The molecular formula is C14H17ClN2S. The Labute approximate surface area is 117 Å². The molecule has 96 valence electrons. The summed E-state index contributed by atoms with van der Waals surface area (Å²) < 4.78 is 0. The van der Waals surface area contributed by atoms with Crippen LogP contribution >= 0.6 is 22.9 Å². The normalized spacial score (nSPS) is 12.6. The summed E-state index contributed by atoms with van der Waals surface area (Å²) >= 11 is 7.66. The maximum Gasteiger partial charge on any atom is 0.0759 e. The second kappa shape index (κ2) is 6.32. The van der Waals surface area contributed by atoms with Crippen LogP contribution in [0.2, 0.25) is 5.02 Å². The summed E-state index contributed by atoms with van der Waals surface area (Å²) in [7, 11) is 0. The van der Waals surface area contributed by atoms with Crippen LogP contribution in [0.1, 0.15) is 35.5 Å². The molecule has 0 saturated carbocycles. The minimum absolute atomic E-state index is 0.159. The van der Waals surface area contributed by atoms with Crippen LogP contribution in [0, 0.1) is 6.92 Å². The third kappa shape index (κ3) is 3.31. The van der Waals surface area contributed by atoms with Gasteiger partial charge in [0.2, 0.25) is 0 Å². The van der Waals surface area contributed by atoms with Crippen LogP contribution in [-0.4, -0.2) is 11.5 Å². The van der Waals surface area contributed by atoms with Crippen molar-refractivity contribution in [2.45, 2.75) is 26.3 Å². The zero-order valence-corrected chi connectivity index (χ0v) is 12.2. The molecule has 0 aliphatic rings.